The van der Waals surface area contributed by atoms with Crippen LogP contribution in [0.2, 0.25) is 0 Å². The molecule has 0 saturated carbocycles. The largest absolute Gasteiger partial charge is 0.482 e. The van der Waals surface area contributed by atoms with Crippen LogP contribution >= 0.6 is 0 Å². The number of carboxylic acids is 1. The summed E-state index contributed by atoms with van der Waals surface area (Å²) < 4.78 is 5.08. The zero-order chi connectivity index (χ0) is 20.4. The van der Waals surface area contributed by atoms with Crippen LogP contribution in [0.5, 0.6) is 5.75 Å². The Morgan fingerprint density at radius 1 is 1.04 bits per heavy atom. The maximum Gasteiger partial charge on any atom is 0.341 e. The molecule has 0 bridgehead atoms. The van der Waals surface area contributed by atoms with E-state index in [0.29, 0.717) is 18.7 Å². The lowest BCUT2D eigenvalue weighted by Gasteiger charge is -2.18. The van der Waals surface area contributed by atoms with Gasteiger partial charge in [0.25, 0.3) is 0 Å². The Morgan fingerprint density at radius 3 is 2.32 bits per heavy atom. The maximum atomic E-state index is 12.3. The smallest absolute Gasteiger partial charge is 0.341 e. The monoisotopic (exact) mass is 384 g/mol. The molecule has 0 spiro atoms. The first-order valence-electron chi connectivity index (χ1n) is 8.96. The molecule has 148 valence electrons. The number of rotatable bonds is 10. The molecule has 0 heterocycles. The number of carbonyl (C=O) groups excluding carboxylic acids is 2. The molecule has 0 aliphatic heterocycles. The molecule has 0 aliphatic carbocycles. The van der Waals surface area contributed by atoms with Crippen molar-refractivity contribution >= 4 is 17.8 Å². The summed E-state index contributed by atoms with van der Waals surface area (Å²) in [6.07, 6.45) is 0.784. The molecule has 7 nitrogen and oxygen atoms in total. The normalized spacial score (nSPS) is 11.3. The van der Waals surface area contributed by atoms with Gasteiger partial charge in [-0.05, 0) is 29.7 Å². The van der Waals surface area contributed by atoms with Crippen LogP contribution in [0.25, 0.3) is 0 Å². The van der Waals surface area contributed by atoms with Gasteiger partial charge in [0.1, 0.15) is 5.75 Å². The lowest BCUT2D eigenvalue weighted by Crippen LogP contribution is -2.33. The van der Waals surface area contributed by atoms with Crippen LogP contribution < -0.4 is 15.4 Å². The first-order chi connectivity index (χ1) is 13.4. The van der Waals surface area contributed by atoms with Crippen molar-refractivity contribution in [3.05, 3.63) is 65.7 Å². The van der Waals surface area contributed by atoms with Crippen LogP contribution in [0.3, 0.4) is 0 Å². The Hall–Kier alpha value is -3.35. The van der Waals surface area contributed by atoms with Gasteiger partial charge in [-0.25, -0.2) is 4.79 Å². The molecule has 2 amide bonds. The van der Waals surface area contributed by atoms with Crippen molar-refractivity contribution in [3.8, 4) is 5.75 Å². The number of aliphatic carboxylic acids is 1. The first kappa shape index (κ1) is 21.0. The summed E-state index contributed by atoms with van der Waals surface area (Å²) in [7, 11) is 0. The minimum atomic E-state index is -1.03. The van der Waals surface area contributed by atoms with Gasteiger partial charge >= 0.3 is 5.97 Å². The highest BCUT2D eigenvalue weighted by Gasteiger charge is 2.16. The summed E-state index contributed by atoms with van der Waals surface area (Å²) in [6.45, 7) is 1.50. The molecule has 3 N–H and O–H groups in total. The van der Waals surface area contributed by atoms with E-state index in [9.17, 15) is 14.4 Å². The predicted molar refractivity (Wildman–Crippen MR) is 104 cm³/mol. The van der Waals surface area contributed by atoms with E-state index in [2.05, 4.69) is 10.6 Å². The third kappa shape index (κ3) is 7.49. The summed E-state index contributed by atoms with van der Waals surface area (Å²) in [4.78, 5) is 34.2. The molecule has 0 radical (unpaired) electrons. The molecule has 0 fully saturated rings. The maximum absolute atomic E-state index is 12.3. The fourth-order valence-corrected chi connectivity index (χ4v) is 2.68. The van der Waals surface area contributed by atoms with E-state index in [1.165, 1.54) is 6.92 Å². The Kier molecular flexibility index (Phi) is 8.02. The lowest BCUT2D eigenvalue weighted by molar-refractivity contribution is -0.139. The van der Waals surface area contributed by atoms with Crippen LogP contribution in [0, 0.1) is 0 Å². The molecule has 1 atom stereocenters. The molecule has 2 rings (SSSR count). The van der Waals surface area contributed by atoms with E-state index in [-0.39, 0.29) is 30.9 Å². The minimum absolute atomic E-state index is 0.149. The van der Waals surface area contributed by atoms with Gasteiger partial charge in [-0.1, -0.05) is 42.5 Å². The van der Waals surface area contributed by atoms with E-state index in [4.69, 9.17) is 9.84 Å². The molecule has 1 unspecified atom stereocenters. The van der Waals surface area contributed by atoms with Crippen molar-refractivity contribution in [1.82, 2.24) is 10.6 Å². The van der Waals surface area contributed by atoms with Crippen LogP contribution in [-0.2, 0) is 20.8 Å². The molecule has 0 aliphatic rings. The highest BCUT2D eigenvalue weighted by atomic mass is 16.5. The number of carbonyl (C=O) groups is 3. The van der Waals surface area contributed by atoms with Crippen LogP contribution in [0.4, 0.5) is 0 Å². The van der Waals surface area contributed by atoms with E-state index in [0.717, 1.165) is 11.1 Å². The van der Waals surface area contributed by atoms with Crippen LogP contribution in [0.1, 0.15) is 30.5 Å². The average Bonchev–Trinajstić information content (AvgIpc) is 2.67. The van der Waals surface area contributed by atoms with Crippen molar-refractivity contribution in [3.63, 3.8) is 0 Å². The number of nitrogens with one attached hydrogen (secondary N) is 2. The standard InChI is InChI=1S/C21H24N2O5/c1-15(24)23-19(17-5-3-2-4-6-17)13-20(25)22-12-11-16-7-9-18(10-8-16)28-14-21(26)27/h2-10,19H,11-14H2,1H3,(H,22,25)(H,23,24)(H,26,27). The summed E-state index contributed by atoms with van der Waals surface area (Å²) in [5, 5.41) is 14.3. The molecular weight excluding hydrogens is 360 g/mol. The average molecular weight is 384 g/mol. The summed E-state index contributed by atoms with van der Waals surface area (Å²) in [6, 6.07) is 16.0. The summed E-state index contributed by atoms with van der Waals surface area (Å²) >= 11 is 0. The summed E-state index contributed by atoms with van der Waals surface area (Å²) in [5.41, 5.74) is 1.87. The van der Waals surface area contributed by atoms with E-state index < -0.39 is 5.97 Å². The minimum Gasteiger partial charge on any atom is -0.482 e. The number of hydrogen-bond acceptors (Lipinski definition) is 4. The van der Waals surface area contributed by atoms with Gasteiger partial charge in [0.05, 0.1) is 12.5 Å². The van der Waals surface area contributed by atoms with E-state index in [1.807, 2.05) is 42.5 Å². The zero-order valence-corrected chi connectivity index (χ0v) is 15.7. The Bertz CT molecular complexity index is 790. The fourth-order valence-electron chi connectivity index (χ4n) is 2.68. The van der Waals surface area contributed by atoms with E-state index >= 15 is 0 Å². The van der Waals surface area contributed by atoms with Gasteiger partial charge < -0.3 is 20.5 Å². The van der Waals surface area contributed by atoms with Gasteiger partial charge in [-0.3, -0.25) is 9.59 Å². The van der Waals surface area contributed by atoms with Gasteiger partial charge in [0.15, 0.2) is 6.61 Å². The topological polar surface area (TPSA) is 105 Å². The fraction of sp³-hybridized carbons (Fsp3) is 0.286. The van der Waals surface area contributed by atoms with Crippen molar-refractivity contribution in [2.45, 2.75) is 25.8 Å². The Morgan fingerprint density at radius 2 is 1.71 bits per heavy atom. The highest BCUT2D eigenvalue weighted by molar-refractivity contribution is 5.79. The second-order valence-corrected chi connectivity index (χ2v) is 6.29. The SMILES string of the molecule is CC(=O)NC(CC(=O)NCCc1ccc(OCC(=O)O)cc1)c1ccccc1. The van der Waals surface area contributed by atoms with Crippen molar-refractivity contribution in [2.75, 3.05) is 13.2 Å². The quantitative estimate of drug-likeness (QED) is 0.582. The van der Waals surface area contributed by atoms with Gasteiger partial charge in [-0.2, -0.15) is 0 Å². The third-order valence-electron chi connectivity index (χ3n) is 3.99. The predicted octanol–water partition coefficient (Wildman–Crippen LogP) is 2.08. The number of carboxylic acid groups (broad SMARTS) is 1. The number of benzene rings is 2. The van der Waals surface area contributed by atoms with E-state index in [1.54, 1.807) is 12.1 Å². The molecule has 28 heavy (non-hydrogen) atoms. The van der Waals surface area contributed by atoms with Crippen molar-refractivity contribution < 1.29 is 24.2 Å². The Labute approximate surface area is 163 Å². The van der Waals surface area contributed by atoms with Crippen molar-refractivity contribution in [1.29, 1.82) is 0 Å². The number of amides is 2. The van der Waals surface area contributed by atoms with Crippen LogP contribution in [0.15, 0.2) is 54.6 Å². The third-order valence-corrected chi connectivity index (χ3v) is 3.99. The van der Waals surface area contributed by atoms with Crippen LogP contribution in [-0.4, -0.2) is 36.0 Å². The van der Waals surface area contributed by atoms with Gasteiger partial charge in [0, 0.05) is 13.5 Å². The molecule has 2 aromatic rings. The van der Waals surface area contributed by atoms with Gasteiger partial charge in [-0.15, -0.1) is 0 Å². The molecule has 2 aromatic carbocycles. The molecule has 0 aromatic heterocycles. The zero-order valence-electron chi connectivity index (χ0n) is 15.7. The lowest BCUT2D eigenvalue weighted by atomic mass is 10.0. The summed E-state index contributed by atoms with van der Waals surface area (Å²) in [5.74, 6) is -0.882. The second-order valence-electron chi connectivity index (χ2n) is 6.29. The Balaban J connectivity index is 1.80. The van der Waals surface area contributed by atoms with Crippen molar-refractivity contribution in [2.24, 2.45) is 0 Å². The number of hydrogen-bond donors (Lipinski definition) is 3. The molecular formula is C21H24N2O5. The molecule has 7 heteroatoms. The molecule has 0 saturated heterocycles. The second kappa shape index (κ2) is 10.7. The number of ether oxygens (including phenoxy) is 1. The van der Waals surface area contributed by atoms with Gasteiger partial charge in [0.2, 0.25) is 11.8 Å². The first-order valence-corrected chi connectivity index (χ1v) is 8.96. The highest BCUT2D eigenvalue weighted by Crippen LogP contribution is 2.16.